The standard InChI is InChI=1S/C17H20O2/c1-13-7-5-6-10-17(13)11-15(17)12-19-16(18)14-8-3-2-4-9-14/h2-4,7-9,15H,5-6,10-12H2,1H3/t15-,17+/m1/s1. The Hall–Kier alpha value is -1.57. The van der Waals surface area contributed by atoms with Crippen LogP contribution >= 0.6 is 0 Å². The zero-order chi connectivity index (χ0) is 13.3. The second-order valence-corrected chi connectivity index (χ2v) is 5.80. The van der Waals surface area contributed by atoms with Crippen LogP contribution in [0, 0.1) is 11.3 Å². The summed E-state index contributed by atoms with van der Waals surface area (Å²) in [6.45, 7) is 2.80. The summed E-state index contributed by atoms with van der Waals surface area (Å²) in [5.74, 6) is 0.344. The normalized spacial score (nSPS) is 28.9. The molecule has 0 heterocycles. The first-order valence-electron chi connectivity index (χ1n) is 7.12. The second-order valence-electron chi connectivity index (χ2n) is 5.80. The van der Waals surface area contributed by atoms with Gasteiger partial charge in [-0.25, -0.2) is 4.79 Å². The van der Waals surface area contributed by atoms with Crippen LogP contribution in [0.15, 0.2) is 42.0 Å². The van der Waals surface area contributed by atoms with Crippen LogP contribution in [0.5, 0.6) is 0 Å². The molecule has 1 aromatic carbocycles. The van der Waals surface area contributed by atoms with E-state index in [1.54, 1.807) is 12.1 Å². The molecule has 2 aliphatic rings. The Morgan fingerprint density at radius 2 is 2.16 bits per heavy atom. The first-order chi connectivity index (χ1) is 9.22. The average molecular weight is 256 g/mol. The molecule has 0 bridgehead atoms. The van der Waals surface area contributed by atoms with E-state index in [9.17, 15) is 4.79 Å². The molecule has 1 saturated carbocycles. The molecule has 0 saturated heterocycles. The van der Waals surface area contributed by atoms with Crippen molar-refractivity contribution in [2.24, 2.45) is 11.3 Å². The summed E-state index contributed by atoms with van der Waals surface area (Å²) in [6, 6.07) is 9.24. The quantitative estimate of drug-likeness (QED) is 0.604. The fourth-order valence-electron chi connectivity index (χ4n) is 3.36. The molecule has 0 aliphatic heterocycles. The van der Waals surface area contributed by atoms with Crippen LogP contribution in [0.3, 0.4) is 0 Å². The lowest BCUT2D eigenvalue weighted by molar-refractivity contribution is 0.0471. The Morgan fingerprint density at radius 3 is 2.89 bits per heavy atom. The molecule has 2 aliphatic carbocycles. The third kappa shape index (κ3) is 2.32. The van der Waals surface area contributed by atoms with Gasteiger partial charge >= 0.3 is 5.97 Å². The van der Waals surface area contributed by atoms with Crippen molar-refractivity contribution in [3.05, 3.63) is 47.5 Å². The summed E-state index contributed by atoms with van der Waals surface area (Å²) < 4.78 is 5.46. The largest absolute Gasteiger partial charge is 0.462 e. The molecular weight excluding hydrogens is 236 g/mol. The van der Waals surface area contributed by atoms with Gasteiger partial charge in [-0.2, -0.15) is 0 Å². The van der Waals surface area contributed by atoms with Crippen molar-refractivity contribution < 1.29 is 9.53 Å². The zero-order valence-electron chi connectivity index (χ0n) is 11.4. The minimum absolute atomic E-state index is 0.194. The number of esters is 1. The molecule has 2 nitrogen and oxygen atoms in total. The monoisotopic (exact) mass is 256 g/mol. The van der Waals surface area contributed by atoms with E-state index in [4.69, 9.17) is 4.74 Å². The number of hydrogen-bond acceptors (Lipinski definition) is 2. The number of benzene rings is 1. The van der Waals surface area contributed by atoms with Crippen molar-refractivity contribution in [1.82, 2.24) is 0 Å². The van der Waals surface area contributed by atoms with Gasteiger partial charge in [-0.15, -0.1) is 0 Å². The van der Waals surface area contributed by atoms with Gasteiger partial charge < -0.3 is 4.74 Å². The first kappa shape index (κ1) is 12.5. The highest BCUT2D eigenvalue weighted by Crippen LogP contribution is 2.62. The van der Waals surface area contributed by atoms with Crippen LogP contribution in [0.1, 0.15) is 43.0 Å². The zero-order valence-corrected chi connectivity index (χ0v) is 11.4. The Morgan fingerprint density at radius 1 is 1.37 bits per heavy atom. The highest BCUT2D eigenvalue weighted by Gasteiger charge is 2.55. The third-order valence-electron chi connectivity index (χ3n) is 4.72. The minimum atomic E-state index is -0.194. The highest BCUT2D eigenvalue weighted by molar-refractivity contribution is 5.89. The summed E-state index contributed by atoms with van der Waals surface area (Å²) in [5.41, 5.74) is 2.53. The van der Waals surface area contributed by atoms with E-state index in [0.717, 1.165) is 0 Å². The lowest BCUT2D eigenvalue weighted by Crippen LogP contribution is -2.15. The fourth-order valence-corrected chi connectivity index (χ4v) is 3.36. The molecular formula is C17H20O2. The summed E-state index contributed by atoms with van der Waals surface area (Å²) in [4.78, 5) is 11.9. The van der Waals surface area contributed by atoms with Gasteiger partial charge in [0.25, 0.3) is 0 Å². The maximum absolute atomic E-state index is 11.9. The molecule has 0 amide bonds. The van der Waals surface area contributed by atoms with Gasteiger partial charge in [-0.05, 0) is 50.2 Å². The second kappa shape index (κ2) is 4.84. The summed E-state index contributed by atoms with van der Waals surface area (Å²) >= 11 is 0. The summed E-state index contributed by atoms with van der Waals surface area (Å²) in [6.07, 6.45) is 7.31. The molecule has 100 valence electrons. The van der Waals surface area contributed by atoms with Crippen molar-refractivity contribution in [3.63, 3.8) is 0 Å². The number of carbonyl (C=O) groups excluding carboxylic acids is 1. The van der Waals surface area contributed by atoms with E-state index in [-0.39, 0.29) is 5.97 Å². The van der Waals surface area contributed by atoms with Crippen LogP contribution in [0.25, 0.3) is 0 Å². The number of rotatable bonds is 3. The average Bonchev–Trinajstić information content (AvgIpc) is 3.15. The molecule has 2 atom stereocenters. The molecule has 1 fully saturated rings. The maximum Gasteiger partial charge on any atom is 0.338 e. The van der Waals surface area contributed by atoms with Gasteiger partial charge in [0.15, 0.2) is 0 Å². The van der Waals surface area contributed by atoms with E-state index in [2.05, 4.69) is 13.0 Å². The minimum Gasteiger partial charge on any atom is -0.462 e. The van der Waals surface area contributed by atoms with Crippen LogP contribution in [-0.2, 0) is 4.74 Å². The van der Waals surface area contributed by atoms with Crippen LogP contribution in [0.4, 0.5) is 0 Å². The third-order valence-corrected chi connectivity index (χ3v) is 4.72. The van der Waals surface area contributed by atoms with Crippen molar-refractivity contribution in [1.29, 1.82) is 0 Å². The summed E-state index contributed by atoms with van der Waals surface area (Å²) in [7, 11) is 0. The number of allylic oxidation sites excluding steroid dienone is 2. The number of carbonyl (C=O) groups is 1. The van der Waals surface area contributed by atoms with Gasteiger partial charge in [-0.3, -0.25) is 0 Å². The SMILES string of the molecule is CC1=CCCC[C@]12C[C@@H]2COC(=O)c1ccccc1. The van der Waals surface area contributed by atoms with Gasteiger partial charge in [0.2, 0.25) is 0 Å². The Bertz CT molecular complexity index is 503. The maximum atomic E-state index is 11.9. The summed E-state index contributed by atoms with van der Waals surface area (Å²) in [5, 5.41) is 0. The molecule has 3 rings (SSSR count). The Labute approximate surface area is 114 Å². The van der Waals surface area contributed by atoms with Crippen LogP contribution in [-0.4, -0.2) is 12.6 Å². The van der Waals surface area contributed by atoms with E-state index < -0.39 is 0 Å². The van der Waals surface area contributed by atoms with E-state index >= 15 is 0 Å². The molecule has 2 heteroatoms. The van der Waals surface area contributed by atoms with Crippen molar-refractivity contribution >= 4 is 5.97 Å². The molecule has 0 aromatic heterocycles. The molecule has 0 unspecified atom stereocenters. The molecule has 0 radical (unpaired) electrons. The van der Waals surface area contributed by atoms with Crippen molar-refractivity contribution in [3.8, 4) is 0 Å². The highest BCUT2D eigenvalue weighted by atomic mass is 16.5. The fraction of sp³-hybridized carbons (Fsp3) is 0.471. The van der Waals surface area contributed by atoms with Crippen LogP contribution < -0.4 is 0 Å². The molecule has 1 spiro atoms. The van der Waals surface area contributed by atoms with Gasteiger partial charge in [0, 0.05) is 5.92 Å². The topological polar surface area (TPSA) is 26.3 Å². The lowest BCUT2D eigenvalue weighted by Gasteiger charge is -2.22. The Kier molecular flexibility index (Phi) is 3.17. The predicted molar refractivity (Wildman–Crippen MR) is 74.9 cm³/mol. The van der Waals surface area contributed by atoms with E-state index in [1.165, 1.54) is 31.3 Å². The van der Waals surface area contributed by atoms with Gasteiger partial charge in [-0.1, -0.05) is 29.8 Å². The number of hydrogen-bond donors (Lipinski definition) is 0. The van der Waals surface area contributed by atoms with Gasteiger partial charge in [0.1, 0.15) is 0 Å². The van der Waals surface area contributed by atoms with Crippen molar-refractivity contribution in [2.75, 3.05) is 6.61 Å². The first-order valence-corrected chi connectivity index (χ1v) is 7.12. The van der Waals surface area contributed by atoms with Crippen molar-refractivity contribution in [2.45, 2.75) is 32.6 Å². The van der Waals surface area contributed by atoms with E-state index in [1.807, 2.05) is 18.2 Å². The predicted octanol–water partition coefficient (Wildman–Crippen LogP) is 3.98. The van der Waals surface area contributed by atoms with Crippen LogP contribution in [0.2, 0.25) is 0 Å². The Balaban J connectivity index is 1.56. The number of ether oxygens (including phenoxy) is 1. The molecule has 19 heavy (non-hydrogen) atoms. The molecule has 0 N–H and O–H groups in total. The lowest BCUT2D eigenvalue weighted by atomic mass is 9.84. The van der Waals surface area contributed by atoms with Gasteiger partial charge in [0.05, 0.1) is 12.2 Å². The van der Waals surface area contributed by atoms with E-state index in [0.29, 0.717) is 23.5 Å². The molecule has 1 aromatic rings. The smallest absolute Gasteiger partial charge is 0.338 e.